The van der Waals surface area contributed by atoms with Crippen LogP contribution in [-0.4, -0.2) is 54.5 Å². The molecule has 0 aliphatic carbocycles. The molecule has 3 aromatic carbocycles. The normalized spacial score (nSPS) is 16.0. The average Bonchev–Trinajstić information content (AvgIpc) is 3.27. The van der Waals surface area contributed by atoms with Crippen molar-refractivity contribution in [2.24, 2.45) is 4.99 Å². The Labute approximate surface area is 252 Å². The lowest BCUT2D eigenvalue weighted by Crippen LogP contribution is -2.35. The number of benzene rings is 3. The molecule has 1 aliphatic heterocycles. The highest BCUT2D eigenvalue weighted by Crippen LogP contribution is 2.35. The minimum absolute atomic E-state index is 0.0525. The molecule has 4 rings (SSSR count). The summed E-state index contributed by atoms with van der Waals surface area (Å²) in [5.74, 6) is 1.03. The Bertz CT molecular complexity index is 1460. The molecule has 0 spiro atoms. The smallest absolute Gasteiger partial charge is 0.416 e. The predicted molar refractivity (Wildman–Crippen MR) is 160 cm³/mol. The van der Waals surface area contributed by atoms with Gasteiger partial charge in [0.2, 0.25) is 11.8 Å². The molecule has 0 saturated carbocycles. The zero-order valence-electron chi connectivity index (χ0n) is 23.9. The second-order valence-electron chi connectivity index (χ2n) is 9.60. The molecule has 1 fully saturated rings. The van der Waals surface area contributed by atoms with Crippen LogP contribution in [0, 0.1) is 0 Å². The number of amidine groups is 1. The number of hydrogen-bond acceptors (Lipinski definition) is 7. The molecule has 228 valence electrons. The average molecular weight is 616 g/mol. The van der Waals surface area contributed by atoms with Gasteiger partial charge in [-0.2, -0.15) is 13.2 Å². The topological polar surface area (TPSA) is 89.5 Å². The number of halogens is 3. The number of nitrogens with one attached hydrogen (secondary N) is 1. The summed E-state index contributed by atoms with van der Waals surface area (Å²) < 4.78 is 56.2. The molecular formula is C31H32F3N3O5S. The minimum Gasteiger partial charge on any atom is -0.494 e. The highest BCUT2D eigenvalue weighted by molar-refractivity contribution is 8.15. The van der Waals surface area contributed by atoms with E-state index in [1.165, 1.54) is 31.3 Å². The van der Waals surface area contributed by atoms with Gasteiger partial charge in [-0.1, -0.05) is 30.8 Å². The van der Waals surface area contributed by atoms with E-state index in [4.69, 9.17) is 14.2 Å². The van der Waals surface area contributed by atoms with Crippen LogP contribution in [0.25, 0.3) is 0 Å². The van der Waals surface area contributed by atoms with Crippen LogP contribution in [0.2, 0.25) is 0 Å². The number of anilines is 1. The van der Waals surface area contributed by atoms with E-state index >= 15 is 0 Å². The van der Waals surface area contributed by atoms with Crippen LogP contribution >= 0.6 is 11.8 Å². The van der Waals surface area contributed by atoms with Gasteiger partial charge < -0.3 is 19.5 Å². The lowest BCUT2D eigenvalue weighted by molar-refractivity contribution is -0.137. The Kier molecular flexibility index (Phi) is 10.6. The monoisotopic (exact) mass is 615 g/mol. The summed E-state index contributed by atoms with van der Waals surface area (Å²) in [4.78, 5) is 32.2. The molecular weight excluding hydrogens is 583 g/mol. The summed E-state index contributed by atoms with van der Waals surface area (Å²) in [6.07, 6.45) is -3.41. The minimum atomic E-state index is -4.54. The zero-order valence-corrected chi connectivity index (χ0v) is 24.8. The van der Waals surface area contributed by atoms with Crippen molar-refractivity contribution >= 4 is 40.1 Å². The van der Waals surface area contributed by atoms with E-state index in [2.05, 4.69) is 10.3 Å². The molecule has 12 heteroatoms. The Morgan fingerprint density at radius 2 is 1.77 bits per heavy atom. The van der Waals surface area contributed by atoms with Gasteiger partial charge in [-0.3, -0.25) is 14.5 Å². The molecule has 0 unspecified atom stereocenters. The quantitative estimate of drug-likeness (QED) is 0.244. The summed E-state index contributed by atoms with van der Waals surface area (Å²) >= 11 is 1.05. The van der Waals surface area contributed by atoms with Crippen LogP contribution in [0.3, 0.4) is 0 Å². The summed E-state index contributed by atoms with van der Waals surface area (Å²) in [5, 5.41) is 2.21. The van der Waals surface area contributed by atoms with Crippen molar-refractivity contribution in [2.45, 2.75) is 37.6 Å². The maximum atomic E-state index is 13.5. The van der Waals surface area contributed by atoms with Crippen LogP contribution in [0.4, 0.5) is 24.5 Å². The SMILES string of the molecule is CCCOc1ccc(NC(=O)C[C@H]2SC(=Nc3cccc(C(F)(F)F)c3)N(CCc3ccc(OC)c(OC)c3)C2=O)cc1. The van der Waals surface area contributed by atoms with E-state index in [1.54, 1.807) is 36.4 Å². The third-order valence-electron chi connectivity index (χ3n) is 6.47. The first kappa shape index (κ1) is 31.7. The molecule has 1 N–H and O–H groups in total. The number of nitrogens with zero attached hydrogens (tertiary/aromatic N) is 2. The van der Waals surface area contributed by atoms with Gasteiger partial charge in [0.1, 0.15) is 11.0 Å². The second kappa shape index (κ2) is 14.3. The highest BCUT2D eigenvalue weighted by Gasteiger charge is 2.39. The fraction of sp³-hybridized carbons (Fsp3) is 0.323. The molecule has 1 saturated heterocycles. The first-order chi connectivity index (χ1) is 20.6. The first-order valence-electron chi connectivity index (χ1n) is 13.6. The fourth-order valence-electron chi connectivity index (χ4n) is 4.30. The lowest BCUT2D eigenvalue weighted by atomic mass is 10.1. The summed E-state index contributed by atoms with van der Waals surface area (Å²) in [6, 6.07) is 16.9. The fourth-order valence-corrected chi connectivity index (χ4v) is 5.49. The molecule has 1 atom stereocenters. The Morgan fingerprint density at radius 1 is 1.02 bits per heavy atom. The van der Waals surface area contributed by atoms with Crippen molar-refractivity contribution in [3.63, 3.8) is 0 Å². The number of methoxy groups -OCH3 is 2. The predicted octanol–water partition coefficient (Wildman–Crippen LogP) is 6.71. The third kappa shape index (κ3) is 8.44. The molecule has 0 aromatic heterocycles. The molecule has 1 heterocycles. The van der Waals surface area contributed by atoms with Crippen molar-refractivity contribution in [1.82, 2.24) is 4.90 Å². The molecule has 0 bridgehead atoms. The van der Waals surface area contributed by atoms with Gasteiger partial charge in [-0.05, 0) is 73.0 Å². The summed E-state index contributed by atoms with van der Waals surface area (Å²) in [7, 11) is 3.05. The maximum Gasteiger partial charge on any atom is 0.416 e. The van der Waals surface area contributed by atoms with Gasteiger partial charge in [0.25, 0.3) is 0 Å². The van der Waals surface area contributed by atoms with Crippen molar-refractivity contribution in [1.29, 1.82) is 0 Å². The lowest BCUT2D eigenvalue weighted by Gasteiger charge is -2.17. The van der Waals surface area contributed by atoms with Crippen LogP contribution in [0.5, 0.6) is 17.2 Å². The number of carbonyl (C=O) groups excluding carboxylic acids is 2. The molecule has 0 radical (unpaired) electrons. The number of hydrogen-bond donors (Lipinski definition) is 1. The van der Waals surface area contributed by atoms with Crippen molar-refractivity contribution in [3.05, 3.63) is 77.9 Å². The van der Waals surface area contributed by atoms with Crippen molar-refractivity contribution < 1.29 is 37.0 Å². The molecule has 43 heavy (non-hydrogen) atoms. The standard InChI is InChI=1S/C31H32F3N3O5S/c1-4-16-42-24-11-9-22(10-12-24)35-28(38)19-27-29(39)37(15-14-20-8-13-25(40-2)26(17-20)41-3)30(43-27)36-23-7-5-6-21(18-23)31(32,33)34/h5-13,17-18,27H,4,14-16,19H2,1-3H3,(H,35,38)/t27-/m1/s1. The molecule has 3 aromatic rings. The number of ether oxygens (including phenoxy) is 3. The summed E-state index contributed by atoms with van der Waals surface area (Å²) in [5.41, 5.74) is 0.605. The van der Waals surface area contributed by atoms with E-state index in [9.17, 15) is 22.8 Å². The summed E-state index contributed by atoms with van der Waals surface area (Å²) in [6.45, 7) is 2.78. The van der Waals surface area contributed by atoms with Gasteiger partial charge in [-0.15, -0.1) is 0 Å². The Balaban J connectivity index is 1.52. The van der Waals surface area contributed by atoms with Gasteiger partial charge in [0.15, 0.2) is 16.7 Å². The number of thioether (sulfide) groups is 1. The Morgan fingerprint density at radius 3 is 2.44 bits per heavy atom. The van der Waals surface area contributed by atoms with E-state index in [1.807, 2.05) is 13.0 Å². The third-order valence-corrected chi connectivity index (χ3v) is 7.65. The second-order valence-corrected chi connectivity index (χ2v) is 10.8. The highest BCUT2D eigenvalue weighted by atomic mass is 32.2. The van der Waals surface area contributed by atoms with Crippen LogP contribution in [0.15, 0.2) is 71.7 Å². The van der Waals surface area contributed by atoms with Crippen LogP contribution in [0.1, 0.15) is 30.9 Å². The number of rotatable bonds is 12. The van der Waals surface area contributed by atoms with E-state index in [-0.39, 0.29) is 35.6 Å². The van der Waals surface area contributed by atoms with Gasteiger partial charge in [-0.25, -0.2) is 4.99 Å². The maximum absolute atomic E-state index is 13.5. The molecule has 1 aliphatic rings. The largest absolute Gasteiger partial charge is 0.494 e. The van der Waals surface area contributed by atoms with Gasteiger partial charge >= 0.3 is 6.18 Å². The van der Waals surface area contributed by atoms with E-state index in [0.29, 0.717) is 36.0 Å². The van der Waals surface area contributed by atoms with Gasteiger partial charge in [0.05, 0.1) is 32.1 Å². The van der Waals surface area contributed by atoms with Crippen molar-refractivity contribution in [3.8, 4) is 17.2 Å². The molecule has 8 nitrogen and oxygen atoms in total. The van der Waals surface area contributed by atoms with Gasteiger partial charge in [0, 0.05) is 18.7 Å². The Hall–Kier alpha value is -4.19. The number of amides is 2. The van der Waals surface area contributed by atoms with E-state index in [0.717, 1.165) is 35.9 Å². The molecule has 2 amide bonds. The van der Waals surface area contributed by atoms with E-state index < -0.39 is 17.0 Å². The van der Waals surface area contributed by atoms with Crippen molar-refractivity contribution in [2.75, 3.05) is 32.7 Å². The first-order valence-corrected chi connectivity index (χ1v) is 14.5. The number of aliphatic imine (C=N–C) groups is 1. The van der Waals surface area contributed by atoms with Crippen LogP contribution < -0.4 is 19.5 Å². The number of alkyl halides is 3. The number of carbonyl (C=O) groups is 2. The zero-order chi connectivity index (χ0) is 31.0. The van der Waals surface area contributed by atoms with Crippen LogP contribution in [-0.2, 0) is 22.2 Å².